The topological polar surface area (TPSA) is 29.1 Å². The minimum absolute atomic E-state index is 0.0185. The number of carbonyl (C=O) groups is 1. The van der Waals surface area contributed by atoms with Gasteiger partial charge in [0, 0.05) is 5.54 Å². The fraction of sp³-hybridized carbons (Fsp3) is 0.900. The summed E-state index contributed by atoms with van der Waals surface area (Å²) in [4.78, 5) is 11.6. The molecule has 0 aromatic heterocycles. The average Bonchev–Trinajstić information content (AvgIpc) is 2.64. The van der Waals surface area contributed by atoms with Gasteiger partial charge in [0.05, 0.1) is 4.83 Å². The van der Waals surface area contributed by atoms with Crippen molar-refractivity contribution in [2.75, 3.05) is 0 Å². The zero-order chi connectivity index (χ0) is 10.3. The normalized spacial score (nSPS) is 22.2. The van der Waals surface area contributed by atoms with Gasteiger partial charge in [-0.15, -0.1) is 0 Å². The molecule has 0 spiro atoms. The molecule has 1 atom stereocenters. The Morgan fingerprint density at radius 1 is 1.46 bits per heavy atom. The molecule has 0 aliphatic heterocycles. The van der Waals surface area contributed by atoms with Crippen LogP contribution >= 0.6 is 15.9 Å². The van der Waals surface area contributed by atoms with Gasteiger partial charge in [-0.25, -0.2) is 0 Å². The van der Waals surface area contributed by atoms with E-state index in [1.807, 2.05) is 0 Å². The highest BCUT2D eigenvalue weighted by molar-refractivity contribution is 9.10. The second-order valence-corrected chi connectivity index (χ2v) is 6.19. The lowest BCUT2D eigenvalue weighted by Crippen LogP contribution is -2.43. The summed E-state index contributed by atoms with van der Waals surface area (Å²) in [5.41, 5.74) is 0.0731. The maximum atomic E-state index is 11.7. The third-order valence-corrected chi connectivity index (χ3v) is 4.20. The fourth-order valence-corrected chi connectivity index (χ4v) is 1.18. The molecular weight excluding hydrogens is 230 g/mol. The zero-order valence-corrected chi connectivity index (χ0v) is 10.4. The quantitative estimate of drug-likeness (QED) is 0.747. The first-order valence-corrected chi connectivity index (χ1v) is 5.62. The largest absolute Gasteiger partial charge is 0.350 e. The maximum Gasteiger partial charge on any atom is 0.234 e. The Morgan fingerprint density at radius 2 is 1.92 bits per heavy atom. The molecule has 3 heteroatoms. The van der Waals surface area contributed by atoms with Gasteiger partial charge >= 0.3 is 0 Å². The van der Waals surface area contributed by atoms with E-state index in [-0.39, 0.29) is 21.7 Å². The second kappa shape index (κ2) is 3.26. The first-order chi connectivity index (χ1) is 5.75. The Kier molecular flexibility index (Phi) is 2.77. The minimum atomic E-state index is -0.0996. The van der Waals surface area contributed by atoms with Gasteiger partial charge in [-0.05, 0) is 25.2 Å². The SMILES string of the molecule is CC1(NC(=O)C(Br)C(C)(C)C)CC1. The predicted octanol–water partition coefficient (Wildman–Crippen LogP) is 2.46. The Balaban J connectivity index is 2.48. The van der Waals surface area contributed by atoms with E-state index >= 15 is 0 Å². The molecule has 76 valence electrons. The Labute approximate surface area is 88.6 Å². The van der Waals surface area contributed by atoms with Crippen LogP contribution in [0.4, 0.5) is 0 Å². The summed E-state index contributed by atoms with van der Waals surface area (Å²) in [6, 6.07) is 0. The van der Waals surface area contributed by atoms with Crippen LogP contribution in [0, 0.1) is 5.41 Å². The van der Waals surface area contributed by atoms with E-state index in [2.05, 4.69) is 48.9 Å². The summed E-state index contributed by atoms with van der Waals surface area (Å²) in [5, 5.41) is 3.05. The number of rotatable bonds is 2. The van der Waals surface area contributed by atoms with Crippen LogP contribution in [0.3, 0.4) is 0 Å². The molecule has 1 rings (SSSR count). The standard InChI is InChI=1S/C10H18BrNO/c1-9(2,3)7(11)8(13)12-10(4)5-6-10/h7H,5-6H2,1-4H3,(H,12,13). The Morgan fingerprint density at radius 3 is 2.23 bits per heavy atom. The van der Waals surface area contributed by atoms with Crippen molar-refractivity contribution in [2.45, 2.75) is 50.9 Å². The van der Waals surface area contributed by atoms with Crippen LogP contribution in [-0.2, 0) is 4.79 Å². The van der Waals surface area contributed by atoms with Crippen LogP contribution in [0.5, 0.6) is 0 Å². The van der Waals surface area contributed by atoms with Crippen LogP contribution < -0.4 is 5.32 Å². The molecule has 0 bridgehead atoms. The summed E-state index contributed by atoms with van der Waals surface area (Å²) in [6.07, 6.45) is 2.23. The van der Waals surface area contributed by atoms with Crippen molar-refractivity contribution in [2.24, 2.45) is 5.41 Å². The first-order valence-electron chi connectivity index (χ1n) is 4.71. The van der Waals surface area contributed by atoms with E-state index in [1.165, 1.54) is 0 Å². The van der Waals surface area contributed by atoms with Crippen LogP contribution in [-0.4, -0.2) is 16.3 Å². The third-order valence-electron chi connectivity index (χ3n) is 2.42. The summed E-state index contributed by atoms with van der Waals surface area (Å²) in [7, 11) is 0. The summed E-state index contributed by atoms with van der Waals surface area (Å²) < 4.78 is 0. The van der Waals surface area contributed by atoms with Crippen LogP contribution in [0.25, 0.3) is 0 Å². The van der Waals surface area contributed by atoms with Crippen molar-refractivity contribution in [1.29, 1.82) is 0 Å². The molecule has 1 aliphatic carbocycles. The number of halogens is 1. The van der Waals surface area contributed by atoms with Gasteiger partial charge in [0.15, 0.2) is 0 Å². The van der Waals surface area contributed by atoms with Crippen LogP contribution in [0.15, 0.2) is 0 Å². The summed E-state index contributed by atoms with van der Waals surface area (Å²) in [6.45, 7) is 8.26. The second-order valence-electron chi connectivity index (χ2n) is 5.28. The van der Waals surface area contributed by atoms with Gasteiger partial charge in [0.25, 0.3) is 0 Å². The lowest BCUT2D eigenvalue weighted by atomic mass is 9.91. The van der Waals surface area contributed by atoms with E-state index in [0.717, 1.165) is 12.8 Å². The van der Waals surface area contributed by atoms with Crippen molar-refractivity contribution in [1.82, 2.24) is 5.32 Å². The van der Waals surface area contributed by atoms with E-state index in [0.29, 0.717) is 0 Å². The van der Waals surface area contributed by atoms with Gasteiger partial charge in [-0.3, -0.25) is 4.79 Å². The number of amides is 1. The van der Waals surface area contributed by atoms with Gasteiger partial charge in [0.2, 0.25) is 5.91 Å². The monoisotopic (exact) mass is 247 g/mol. The Bertz CT molecular complexity index is 215. The molecule has 1 saturated carbocycles. The van der Waals surface area contributed by atoms with Gasteiger partial charge in [0.1, 0.15) is 0 Å². The molecule has 0 radical (unpaired) electrons. The highest BCUT2D eigenvalue weighted by Crippen LogP contribution is 2.35. The van der Waals surface area contributed by atoms with E-state index in [9.17, 15) is 4.79 Å². The van der Waals surface area contributed by atoms with E-state index < -0.39 is 0 Å². The molecule has 1 unspecified atom stereocenters. The molecule has 1 aliphatic rings. The molecule has 1 N–H and O–H groups in total. The van der Waals surface area contributed by atoms with Crippen molar-refractivity contribution in [3.8, 4) is 0 Å². The molecule has 0 heterocycles. The van der Waals surface area contributed by atoms with Crippen LogP contribution in [0.2, 0.25) is 0 Å². The molecule has 1 amide bonds. The van der Waals surface area contributed by atoms with Crippen molar-refractivity contribution >= 4 is 21.8 Å². The van der Waals surface area contributed by atoms with Crippen molar-refractivity contribution in [3.05, 3.63) is 0 Å². The average molecular weight is 248 g/mol. The molecule has 13 heavy (non-hydrogen) atoms. The number of hydrogen-bond acceptors (Lipinski definition) is 1. The first kappa shape index (κ1) is 11.0. The number of hydrogen-bond donors (Lipinski definition) is 1. The molecule has 1 fully saturated rings. The van der Waals surface area contributed by atoms with E-state index in [4.69, 9.17) is 0 Å². The number of nitrogens with one attached hydrogen (secondary N) is 1. The van der Waals surface area contributed by atoms with Gasteiger partial charge in [-0.1, -0.05) is 36.7 Å². The smallest absolute Gasteiger partial charge is 0.234 e. The molecule has 0 aromatic carbocycles. The lowest BCUT2D eigenvalue weighted by Gasteiger charge is -2.26. The summed E-state index contributed by atoms with van der Waals surface area (Å²) in [5.74, 6) is 0.118. The van der Waals surface area contributed by atoms with Crippen LogP contribution in [0.1, 0.15) is 40.5 Å². The third kappa shape index (κ3) is 2.97. The van der Waals surface area contributed by atoms with Crippen molar-refractivity contribution in [3.63, 3.8) is 0 Å². The highest BCUT2D eigenvalue weighted by Gasteiger charge is 2.41. The number of carbonyl (C=O) groups excluding carboxylic acids is 1. The molecule has 0 aromatic rings. The highest BCUT2D eigenvalue weighted by atomic mass is 79.9. The summed E-state index contributed by atoms with van der Waals surface area (Å²) >= 11 is 3.43. The maximum absolute atomic E-state index is 11.7. The Hall–Kier alpha value is -0.0500. The molecule has 0 saturated heterocycles. The van der Waals surface area contributed by atoms with E-state index in [1.54, 1.807) is 0 Å². The van der Waals surface area contributed by atoms with Gasteiger partial charge in [-0.2, -0.15) is 0 Å². The van der Waals surface area contributed by atoms with Crippen molar-refractivity contribution < 1.29 is 4.79 Å². The minimum Gasteiger partial charge on any atom is -0.350 e. The molecular formula is C10H18BrNO. The lowest BCUT2D eigenvalue weighted by molar-refractivity contribution is -0.122. The number of alkyl halides is 1. The predicted molar refractivity (Wildman–Crippen MR) is 58.0 cm³/mol. The fourth-order valence-electron chi connectivity index (χ4n) is 1.07. The zero-order valence-electron chi connectivity index (χ0n) is 8.78. The van der Waals surface area contributed by atoms with Gasteiger partial charge < -0.3 is 5.32 Å². The molecule has 2 nitrogen and oxygen atoms in total.